The Kier molecular flexibility index (Phi) is 4.62. The van der Waals surface area contributed by atoms with Crippen molar-refractivity contribution in [2.45, 2.75) is 12.5 Å². The van der Waals surface area contributed by atoms with Crippen molar-refractivity contribution < 1.29 is 9.59 Å². The zero-order valence-corrected chi connectivity index (χ0v) is 13.9. The highest BCUT2D eigenvalue weighted by molar-refractivity contribution is 9.10. The summed E-state index contributed by atoms with van der Waals surface area (Å²) in [4.78, 5) is 26.1. The van der Waals surface area contributed by atoms with E-state index in [1.165, 1.54) is 0 Å². The van der Waals surface area contributed by atoms with E-state index in [4.69, 9.17) is 0 Å². The Morgan fingerprint density at radius 2 is 1.78 bits per heavy atom. The molecule has 23 heavy (non-hydrogen) atoms. The molecule has 1 heterocycles. The Labute approximate surface area is 142 Å². The quantitative estimate of drug-likeness (QED) is 0.866. The fourth-order valence-electron chi connectivity index (χ4n) is 2.54. The minimum Gasteiger partial charge on any atom is -0.326 e. The number of anilines is 2. The molecule has 1 fully saturated rings. The monoisotopic (exact) mass is 373 g/mol. The number of hydrogen-bond donors (Lipinski definition) is 2. The standard InChI is InChI=1S/C17H16BrN3O2/c18-12-6-8-14(9-7-12)21-11-10-15(16(21)22)20-17(23)19-13-4-2-1-3-5-13/h1-9,15H,10-11H2,(H2,19,20,23). The number of nitrogens with one attached hydrogen (secondary N) is 2. The minimum atomic E-state index is -0.498. The van der Waals surface area contributed by atoms with Gasteiger partial charge >= 0.3 is 6.03 Å². The van der Waals surface area contributed by atoms with Crippen LogP contribution in [0.5, 0.6) is 0 Å². The van der Waals surface area contributed by atoms with E-state index in [2.05, 4.69) is 26.6 Å². The number of amides is 3. The lowest BCUT2D eigenvalue weighted by Crippen LogP contribution is -2.43. The lowest BCUT2D eigenvalue weighted by Gasteiger charge is -2.17. The molecule has 118 valence electrons. The highest BCUT2D eigenvalue weighted by Crippen LogP contribution is 2.23. The number of halogens is 1. The summed E-state index contributed by atoms with van der Waals surface area (Å²) >= 11 is 3.38. The number of nitrogens with zero attached hydrogens (tertiary/aromatic N) is 1. The van der Waals surface area contributed by atoms with E-state index in [1.54, 1.807) is 17.0 Å². The Bertz CT molecular complexity index is 704. The molecule has 1 aliphatic heterocycles. The van der Waals surface area contributed by atoms with Gasteiger partial charge in [-0.3, -0.25) is 4.79 Å². The predicted octanol–water partition coefficient (Wildman–Crippen LogP) is 3.38. The van der Waals surface area contributed by atoms with E-state index in [0.29, 0.717) is 18.7 Å². The third-order valence-electron chi connectivity index (χ3n) is 3.68. The molecule has 2 aromatic carbocycles. The van der Waals surface area contributed by atoms with E-state index < -0.39 is 6.04 Å². The minimum absolute atomic E-state index is 0.0875. The topological polar surface area (TPSA) is 61.4 Å². The second-order valence-corrected chi connectivity index (χ2v) is 6.19. The van der Waals surface area contributed by atoms with Gasteiger partial charge in [0.25, 0.3) is 0 Å². The van der Waals surface area contributed by atoms with E-state index in [0.717, 1.165) is 10.2 Å². The first-order valence-electron chi connectivity index (χ1n) is 7.33. The number of para-hydroxylation sites is 1. The Morgan fingerprint density at radius 3 is 2.48 bits per heavy atom. The Morgan fingerprint density at radius 1 is 1.09 bits per heavy atom. The van der Waals surface area contributed by atoms with Gasteiger partial charge in [0.2, 0.25) is 5.91 Å². The van der Waals surface area contributed by atoms with Crippen molar-refractivity contribution in [2.75, 3.05) is 16.8 Å². The van der Waals surface area contributed by atoms with Crippen LogP contribution in [-0.2, 0) is 4.79 Å². The van der Waals surface area contributed by atoms with E-state index in [-0.39, 0.29) is 11.9 Å². The van der Waals surface area contributed by atoms with Crippen LogP contribution in [0.4, 0.5) is 16.2 Å². The number of carbonyl (C=O) groups excluding carboxylic acids is 2. The molecule has 1 unspecified atom stereocenters. The van der Waals surface area contributed by atoms with Crippen LogP contribution in [0, 0.1) is 0 Å². The fourth-order valence-corrected chi connectivity index (χ4v) is 2.80. The molecule has 5 nitrogen and oxygen atoms in total. The lowest BCUT2D eigenvalue weighted by molar-refractivity contribution is -0.118. The first-order valence-corrected chi connectivity index (χ1v) is 8.12. The molecule has 2 N–H and O–H groups in total. The van der Waals surface area contributed by atoms with Crippen LogP contribution < -0.4 is 15.5 Å². The average molecular weight is 374 g/mol. The zero-order chi connectivity index (χ0) is 16.2. The SMILES string of the molecule is O=C(Nc1ccccc1)NC1CCN(c2ccc(Br)cc2)C1=O. The molecule has 0 radical (unpaired) electrons. The van der Waals surface area contributed by atoms with Crippen molar-refractivity contribution in [3.63, 3.8) is 0 Å². The number of benzene rings is 2. The molecule has 1 saturated heterocycles. The summed E-state index contributed by atoms with van der Waals surface area (Å²) in [7, 11) is 0. The second-order valence-electron chi connectivity index (χ2n) is 5.27. The highest BCUT2D eigenvalue weighted by atomic mass is 79.9. The van der Waals surface area contributed by atoms with Crippen molar-refractivity contribution in [1.29, 1.82) is 0 Å². The third-order valence-corrected chi connectivity index (χ3v) is 4.21. The normalized spacial score (nSPS) is 17.2. The van der Waals surface area contributed by atoms with Crippen LogP contribution in [0.3, 0.4) is 0 Å². The van der Waals surface area contributed by atoms with Gasteiger partial charge in [-0.25, -0.2) is 4.79 Å². The Hall–Kier alpha value is -2.34. The van der Waals surface area contributed by atoms with E-state index in [1.807, 2.05) is 42.5 Å². The average Bonchev–Trinajstić information content (AvgIpc) is 2.90. The molecule has 0 spiro atoms. The van der Waals surface area contributed by atoms with Gasteiger partial charge in [-0.1, -0.05) is 34.1 Å². The Balaban J connectivity index is 1.61. The summed E-state index contributed by atoms with van der Waals surface area (Å²) in [5, 5.41) is 5.46. The zero-order valence-electron chi connectivity index (χ0n) is 12.3. The summed E-state index contributed by atoms with van der Waals surface area (Å²) in [5.41, 5.74) is 1.53. The van der Waals surface area contributed by atoms with Gasteiger partial charge in [0.05, 0.1) is 0 Å². The first-order chi connectivity index (χ1) is 11.1. The predicted molar refractivity (Wildman–Crippen MR) is 93.5 cm³/mol. The molecule has 2 aromatic rings. The smallest absolute Gasteiger partial charge is 0.319 e. The van der Waals surface area contributed by atoms with Crippen molar-refractivity contribution in [3.05, 3.63) is 59.1 Å². The van der Waals surface area contributed by atoms with Crippen LogP contribution in [0.25, 0.3) is 0 Å². The van der Waals surface area contributed by atoms with Gasteiger partial charge in [-0.05, 0) is 42.8 Å². The maximum Gasteiger partial charge on any atom is 0.319 e. The highest BCUT2D eigenvalue weighted by Gasteiger charge is 2.33. The van der Waals surface area contributed by atoms with Gasteiger partial charge in [-0.2, -0.15) is 0 Å². The number of hydrogen-bond acceptors (Lipinski definition) is 2. The van der Waals surface area contributed by atoms with E-state index in [9.17, 15) is 9.59 Å². The number of carbonyl (C=O) groups is 2. The largest absolute Gasteiger partial charge is 0.326 e. The molecule has 0 aliphatic carbocycles. The summed E-state index contributed by atoms with van der Waals surface area (Å²) in [5.74, 6) is -0.0875. The third kappa shape index (κ3) is 3.71. The summed E-state index contributed by atoms with van der Waals surface area (Å²) in [6, 6.07) is 15.8. The summed E-state index contributed by atoms with van der Waals surface area (Å²) in [6.07, 6.45) is 0.594. The van der Waals surface area contributed by atoms with Gasteiger partial charge in [0.15, 0.2) is 0 Å². The molecule has 3 rings (SSSR count). The molecule has 6 heteroatoms. The van der Waals surface area contributed by atoms with Crippen molar-refractivity contribution in [2.24, 2.45) is 0 Å². The van der Waals surface area contributed by atoms with Crippen molar-refractivity contribution >= 4 is 39.2 Å². The molecule has 0 aromatic heterocycles. The van der Waals surface area contributed by atoms with Gasteiger partial charge in [0, 0.05) is 22.4 Å². The summed E-state index contributed by atoms with van der Waals surface area (Å²) < 4.78 is 0.963. The van der Waals surface area contributed by atoms with Gasteiger partial charge in [0.1, 0.15) is 6.04 Å². The van der Waals surface area contributed by atoms with Crippen LogP contribution in [0.2, 0.25) is 0 Å². The maximum absolute atomic E-state index is 12.5. The molecule has 1 atom stereocenters. The molecule has 0 saturated carbocycles. The first kappa shape index (κ1) is 15.6. The van der Waals surface area contributed by atoms with E-state index >= 15 is 0 Å². The van der Waals surface area contributed by atoms with Crippen LogP contribution in [-0.4, -0.2) is 24.5 Å². The second kappa shape index (κ2) is 6.83. The molecule has 0 bridgehead atoms. The maximum atomic E-state index is 12.5. The fraction of sp³-hybridized carbons (Fsp3) is 0.176. The van der Waals surface area contributed by atoms with Crippen LogP contribution >= 0.6 is 15.9 Å². The van der Waals surface area contributed by atoms with Crippen LogP contribution in [0.1, 0.15) is 6.42 Å². The van der Waals surface area contributed by atoms with Crippen molar-refractivity contribution in [1.82, 2.24) is 5.32 Å². The van der Waals surface area contributed by atoms with Crippen molar-refractivity contribution in [3.8, 4) is 0 Å². The molecule has 3 amide bonds. The molecular formula is C17H16BrN3O2. The van der Waals surface area contributed by atoms with Gasteiger partial charge in [-0.15, -0.1) is 0 Å². The number of urea groups is 1. The molecule has 1 aliphatic rings. The summed E-state index contributed by atoms with van der Waals surface area (Å²) in [6.45, 7) is 0.594. The van der Waals surface area contributed by atoms with Gasteiger partial charge < -0.3 is 15.5 Å². The number of rotatable bonds is 3. The van der Waals surface area contributed by atoms with Crippen LogP contribution in [0.15, 0.2) is 59.1 Å². The molecular weight excluding hydrogens is 358 g/mol. The lowest BCUT2D eigenvalue weighted by atomic mass is 10.2.